The fourth-order valence-corrected chi connectivity index (χ4v) is 2.71. The van der Waals surface area contributed by atoms with Crippen molar-refractivity contribution >= 4 is 11.6 Å². The van der Waals surface area contributed by atoms with Crippen LogP contribution in [0.25, 0.3) is 0 Å². The van der Waals surface area contributed by atoms with Gasteiger partial charge in [-0.05, 0) is 47.1 Å². The third kappa shape index (κ3) is 5.09. The van der Waals surface area contributed by atoms with E-state index in [-0.39, 0.29) is 17.9 Å². The van der Waals surface area contributed by atoms with Crippen molar-refractivity contribution in [1.82, 2.24) is 0 Å². The Morgan fingerprint density at radius 2 is 1.80 bits per heavy atom. The number of amides is 1. The minimum atomic E-state index is -0.147. The fourth-order valence-electron chi connectivity index (χ4n) is 2.71. The second-order valence-corrected chi connectivity index (χ2v) is 7.81. The number of nitrogens with one attached hydrogen (secondary N) is 1. The van der Waals surface area contributed by atoms with E-state index in [2.05, 4.69) is 46.0 Å². The number of ether oxygens (including phenoxy) is 1. The molecule has 0 heterocycles. The molecule has 1 N–H and O–H groups in total. The summed E-state index contributed by atoms with van der Waals surface area (Å²) in [4.78, 5) is 12.4. The minimum Gasteiger partial charge on any atom is -0.483 e. The molecule has 0 aliphatic rings. The van der Waals surface area contributed by atoms with Crippen LogP contribution in [-0.2, 0) is 10.2 Å². The molecule has 0 saturated heterocycles. The summed E-state index contributed by atoms with van der Waals surface area (Å²) >= 11 is 0. The molecule has 0 bridgehead atoms. The quantitative estimate of drug-likeness (QED) is 0.788. The molecule has 2 rings (SSSR count). The Morgan fingerprint density at radius 1 is 1.12 bits per heavy atom. The molecule has 0 fully saturated rings. The van der Waals surface area contributed by atoms with Gasteiger partial charge in [-0.25, -0.2) is 0 Å². The van der Waals surface area contributed by atoms with Crippen molar-refractivity contribution in [3.63, 3.8) is 0 Å². The average Bonchev–Trinajstić information content (AvgIpc) is 2.53. The number of benzene rings is 2. The summed E-state index contributed by atoms with van der Waals surface area (Å²) in [6.07, 6.45) is 0. The number of hydrogen-bond donors (Lipinski definition) is 1. The van der Waals surface area contributed by atoms with Gasteiger partial charge in [-0.3, -0.25) is 4.79 Å². The molecule has 0 aliphatic heterocycles. The van der Waals surface area contributed by atoms with Crippen LogP contribution in [0.4, 0.5) is 5.69 Å². The summed E-state index contributed by atoms with van der Waals surface area (Å²) < 4.78 is 5.78. The Labute approximate surface area is 151 Å². The van der Waals surface area contributed by atoms with Crippen molar-refractivity contribution in [2.24, 2.45) is 0 Å². The van der Waals surface area contributed by atoms with Crippen LogP contribution in [0.3, 0.4) is 0 Å². The molecule has 0 unspecified atom stereocenters. The first-order valence-corrected chi connectivity index (χ1v) is 8.81. The molecule has 134 valence electrons. The first-order chi connectivity index (χ1) is 11.7. The fraction of sp³-hybridized carbons (Fsp3) is 0.409. The number of rotatable bonds is 5. The van der Waals surface area contributed by atoms with Crippen LogP contribution in [0.2, 0.25) is 0 Å². The van der Waals surface area contributed by atoms with Gasteiger partial charge in [0.1, 0.15) is 5.75 Å². The van der Waals surface area contributed by atoms with Crippen molar-refractivity contribution in [2.45, 2.75) is 52.9 Å². The van der Waals surface area contributed by atoms with Gasteiger partial charge in [0.25, 0.3) is 5.91 Å². The topological polar surface area (TPSA) is 38.3 Å². The van der Waals surface area contributed by atoms with Gasteiger partial charge in [-0.1, -0.05) is 65.0 Å². The van der Waals surface area contributed by atoms with Crippen molar-refractivity contribution in [1.29, 1.82) is 0 Å². The zero-order chi connectivity index (χ0) is 18.6. The van der Waals surface area contributed by atoms with E-state index in [9.17, 15) is 4.79 Å². The summed E-state index contributed by atoms with van der Waals surface area (Å²) in [5, 5.41) is 2.98. The lowest BCUT2D eigenvalue weighted by Crippen LogP contribution is -2.23. The molecular formula is C22H29NO2. The maximum absolute atomic E-state index is 12.4. The summed E-state index contributed by atoms with van der Waals surface area (Å²) in [7, 11) is 0. The third-order valence-electron chi connectivity index (χ3n) is 4.25. The van der Waals surface area contributed by atoms with E-state index in [1.54, 1.807) is 0 Å². The van der Waals surface area contributed by atoms with Gasteiger partial charge in [0.2, 0.25) is 0 Å². The molecule has 2 aromatic rings. The second kappa shape index (κ2) is 7.73. The van der Waals surface area contributed by atoms with Gasteiger partial charge in [0.15, 0.2) is 6.61 Å². The molecule has 0 aromatic heterocycles. The Kier molecular flexibility index (Phi) is 5.89. The third-order valence-corrected chi connectivity index (χ3v) is 4.25. The number of carbonyl (C=O) groups excluding carboxylic acids is 1. The lowest BCUT2D eigenvalue weighted by Gasteiger charge is -2.23. The number of carbonyl (C=O) groups is 1. The predicted octanol–water partition coefficient (Wildman–Crippen LogP) is 5.43. The maximum atomic E-state index is 12.4. The molecule has 1 amide bonds. The summed E-state index contributed by atoms with van der Waals surface area (Å²) in [6, 6.07) is 14.1. The number of para-hydroxylation sites is 1. The van der Waals surface area contributed by atoms with Crippen molar-refractivity contribution < 1.29 is 9.53 Å². The number of anilines is 1. The molecule has 0 aliphatic carbocycles. The predicted molar refractivity (Wildman–Crippen MR) is 105 cm³/mol. The van der Waals surface area contributed by atoms with Crippen molar-refractivity contribution in [3.8, 4) is 5.75 Å². The van der Waals surface area contributed by atoms with Crippen LogP contribution in [-0.4, -0.2) is 12.5 Å². The van der Waals surface area contributed by atoms with Crippen LogP contribution in [0.5, 0.6) is 5.75 Å². The van der Waals surface area contributed by atoms with Gasteiger partial charge in [0, 0.05) is 5.69 Å². The highest BCUT2D eigenvalue weighted by Crippen LogP contribution is 2.29. The summed E-state index contributed by atoms with van der Waals surface area (Å²) in [5.74, 6) is 1.05. The number of hydrogen-bond acceptors (Lipinski definition) is 2. The van der Waals surface area contributed by atoms with E-state index in [1.807, 2.05) is 43.3 Å². The van der Waals surface area contributed by atoms with Crippen molar-refractivity contribution in [2.75, 3.05) is 11.9 Å². The van der Waals surface area contributed by atoms with Gasteiger partial charge in [-0.2, -0.15) is 0 Å². The SMILES string of the molecule is Cc1ccc(C(C)C)cc1OCC(=O)Nc1ccccc1C(C)(C)C. The zero-order valence-electron chi connectivity index (χ0n) is 16.1. The van der Waals surface area contributed by atoms with Crippen molar-refractivity contribution in [3.05, 3.63) is 59.2 Å². The van der Waals surface area contributed by atoms with E-state index in [1.165, 1.54) is 5.56 Å². The molecule has 0 saturated carbocycles. The van der Waals surface area contributed by atoms with Crippen LogP contribution in [0.15, 0.2) is 42.5 Å². The van der Waals surface area contributed by atoms with Gasteiger partial charge < -0.3 is 10.1 Å². The normalized spacial score (nSPS) is 11.5. The Hall–Kier alpha value is -2.29. The van der Waals surface area contributed by atoms with E-state index in [4.69, 9.17) is 4.74 Å². The van der Waals surface area contributed by atoms with Crippen LogP contribution < -0.4 is 10.1 Å². The monoisotopic (exact) mass is 339 g/mol. The van der Waals surface area contributed by atoms with Gasteiger partial charge >= 0.3 is 0 Å². The molecule has 3 nitrogen and oxygen atoms in total. The highest BCUT2D eigenvalue weighted by molar-refractivity contribution is 5.92. The van der Waals surface area contributed by atoms with Gasteiger partial charge in [0.05, 0.1) is 0 Å². The van der Waals surface area contributed by atoms with E-state index in [0.29, 0.717) is 5.92 Å². The minimum absolute atomic E-state index is 0.000859. The molecule has 0 radical (unpaired) electrons. The smallest absolute Gasteiger partial charge is 0.262 e. The Bertz CT molecular complexity index is 742. The highest BCUT2D eigenvalue weighted by atomic mass is 16.5. The first-order valence-electron chi connectivity index (χ1n) is 8.81. The Balaban J connectivity index is 2.07. The lowest BCUT2D eigenvalue weighted by molar-refractivity contribution is -0.118. The molecule has 0 spiro atoms. The maximum Gasteiger partial charge on any atom is 0.262 e. The van der Waals surface area contributed by atoms with E-state index in [0.717, 1.165) is 22.6 Å². The van der Waals surface area contributed by atoms with Crippen LogP contribution >= 0.6 is 0 Å². The van der Waals surface area contributed by atoms with E-state index >= 15 is 0 Å². The molecule has 0 atom stereocenters. The molecular weight excluding hydrogens is 310 g/mol. The molecule has 3 heteroatoms. The number of aryl methyl sites for hydroxylation is 1. The van der Waals surface area contributed by atoms with Crippen LogP contribution in [0, 0.1) is 6.92 Å². The zero-order valence-corrected chi connectivity index (χ0v) is 16.1. The molecule has 25 heavy (non-hydrogen) atoms. The van der Waals surface area contributed by atoms with Crippen LogP contribution in [0.1, 0.15) is 57.2 Å². The highest BCUT2D eigenvalue weighted by Gasteiger charge is 2.18. The Morgan fingerprint density at radius 3 is 2.44 bits per heavy atom. The summed E-state index contributed by atoms with van der Waals surface area (Å²) in [6.45, 7) is 12.7. The average molecular weight is 339 g/mol. The first kappa shape index (κ1) is 19.0. The lowest BCUT2D eigenvalue weighted by atomic mass is 9.86. The summed E-state index contributed by atoms with van der Waals surface area (Å²) in [5.41, 5.74) is 4.16. The largest absolute Gasteiger partial charge is 0.483 e. The standard InChI is InChI=1S/C22H29NO2/c1-15(2)17-12-11-16(3)20(13-17)25-14-21(24)23-19-10-8-7-9-18(19)22(4,5)6/h7-13,15H,14H2,1-6H3,(H,23,24). The molecule has 2 aromatic carbocycles. The van der Waals surface area contributed by atoms with E-state index < -0.39 is 0 Å². The van der Waals surface area contributed by atoms with Gasteiger partial charge in [-0.15, -0.1) is 0 Å². The second-order valence-electron chi connectivity index (χ2n) is 7.81.